The molecule has 0 aliphatic heterocycles. The van der Waals surface area contributed by atoms with E-state index in [4.69, 9.17) is 0 Å². The Morgan fingerprint density at radius 2 is 0.733 bits per heavy atom. The monoisotopic (exact) mass is 421 g/mol. The number of unbranched alkanes of at least 4 members (excludes halogenated alkanes) is 22. The second kappa shape index (κ2) is 24.5. The van der Waals surface area contributed by atoms with Crippen molar-refractivity contribution in [1.82, 2.24) is 0 Å². The smallest absolute Gasteiger partial charge is 0.0668 e. The Morgan fingerprint density at radius 3 is 0.967 bits per heavy atom. The van der Waals surface area contributed by atoms with Crippen LogP contribution in [0.15, 0.2) is 12.2 Å². The van der Waals surface area contributed by atoms with E-state index < -0.39 is 5.97 Å². The summed E-state index contributed by atoms with van der Waals surface area (Å²) in [4.78, 5) is 10.5. The van der Waals surface area contributed by atoms with Crippen LogP contribution < -0.4 is 5.11 Å². The molecule has 0 radical (unpaired) electrons. The van der Waals surface area contributed by atoms with Gasteiger partial charge in [-0.05, 0) is 18.4 Å². The molecular formula is C28H53O2-. The lowest BCUT2D eigenvalue weighted by atomic mass is 10.0. The Hall–Kier alpha value is -0.790. The van der Waals surface area contributed by atoms with E-state index in [1.165, 1.54) is 135 Å². The minimum atomic E-state index is -1.09. The maximum absolute atomic E-state index is 10.5. The van der Waals surface area contributed by atoms with Crippen molar-refractivity contribution in [1.29, 1.82) is 0 Å². The summed E-state index contributed by atoms with van der Waals surface area (Å²) in [5, 5.41) is 10.5. The first-order chi connectivity index (χ1) is 14.7. The molecule has 0 unspecified atom stereocenters. The molecule has 0 amide bonds. The second-order valence-electron chi connectivity index (χ2n) is 9.42. The molecule has 0 fully saturated rings. The molecule has 0 atom stereocenters. The molecule has 178 valence electrons. The Balaban J connectivity index is 3.05. The molecule has 0 saturated heterocycles. The van der Waals surface area contributed by atoms with Crippen molar-refractivity contribution >= 4 is 5.97 Å². The van der Waals surface area contributed by atoms with Crippen molar-refractivity contribution in [2.24, 2.45) is 0 Å². The van der Waals surface area contributed by atoms with E-state index in [0.717, 1.165) is 12.8 Å². The van der Waals surface area contributed by atoms with Crippen molar-refractivity contribution < 1.29 is 9.90 Å². The van der Waals surface area contributed by atoms with Gasteiger partial charge in [-0.15, -0.1) is 0 Å². The van der Waals surface area contributed by atoms with Gasteiger partial charge in [0.2, 0.25) is 0 Å². The number of carbonyl (C=O) groups is 1. The van der Waals surface area contributed by atoms with Crippen LogP contribution in [0, 0.1) is 0 Å². The summed E-state index contributed by atoms with van der Waals surface area (Å²) in [6.45, 7) is 5.81. The summed E-state index contributed by atoms with van der Waals surface area (Å²) < 4.78 is 0. The average molecular weight is 422 g/mol. The summed E-state index contributed by atoms with van der Waals surface area (Å²) in [6, 6.07) is 0. The van der Waals surface area contributed by atoms with Gasteiger partial charge in [-0.25, -0.2) is 0 Å². The zero-order chi connectivity index (χ0) is 22.1. The van der Waals surface area contributed by atoms with Crippen molar-refractivity contribution in [3.63, 3.8) is 0 Å². The van der Waals surface area contributed by atoms with Crippen LogP contribution in [0.1, 0.15) is 161 Å². The van der Waals surface area contributed by atoms with Gasteiger partial charge in [0, 0.05) is 0 Å². The van der Waals surface area contributed by atoms with E-state index in [1.54, 1.807) is 0 Å². The van der Waals surface area contributed by atoms with Crippen molar-refractivity contribution in [3.8, 4) is 0 Å². The first-order valence-electron chi connectivity index (χ1n) is 13.6. The third-order valence-corrected chi connectivity index (χ3v) is 6.37. The summed E-state index contributed by atoms with van der Waals surface area (Å²) in [5.74, 6) is -1.09. The highest BCUT2D eigenvalue weighted by Crippen LogP contribution is 2.16. The Labute approximate surface area is 189 Å². The molecule has 0 saturated carbocycles. The molecule has 0 heterocycles. The van der Waals surface area contributed by atoms with E-state index in [0.29, 0.717) is 6.42 Å². The van der Waals surface area contributed by atoms with Gasteiger partial charge in [-0.3, -0.25) is 0 Å². The Kier molecular flexibility index (Phi) is 23.8. The molecule has 0 bridgehead atoms. The molecule has 0 N–H and O–H groups in total. The van der Waals surface area contributed by atoms with Gasteiger partial charge in [0.1, 0.15) is 0 Å². The number of hydrogen-bond donors (Lipinski definition) is 0. The molecule has 0 aliphatic rings. The van der Waals surface area contributed by atoms with Crippen LogP contribution in [0.4, 0.5) is 0 Å². The molecule has 0 aromatic rings. The number of rotatable bonds is 25. The van der Waals surface area contributed by atoms with Gasteiger partial charge >= 0.3 is 0 Å². The maximum atomic E-state index is 10.5. The highest BCUT2D eigenvalue weighted by atomic mass is 16.4. The quantitative estimate of drug-likeness (QED) is 0.109. The summed E-state index contributed by atoms with van der Waals surface area (Å²) in [6.07, 6.45) is 32.3. The highest BCUT2D eigenvalue weighted by Gasteiger charge is 1.97. The van der Waals surface area contributed by atoms with Gasteiger partial charge in [-0.1, -0.05) is 155 Å². The predicted octanol–water partition coefficient (Wildman–Crippen LogP) is 8.67. The van der Waals surface area contributed by atoms with Crippen LogP contribution in [0.5, 0.6) is 0 Å². The number of hydrogen-bond acceptors (Lipinski definition) is 2. The molecule has 0 aromatic carbocycles. The van der Waals surface area contributed by atoms with Crippen LogP contribution in [0.2, 0.25) is 0 Å². The van der Waals surface area contributed by atoms with Gasteiger partial charge in [-0.2, -0.15) is 0 Å². The van der Waals surface area contributed by atoms with Crippen LogP contribution >= 0.6 is 0 Å². The van der Waals surface area contributed by atoms with Gasteiger partial charge in [0.05, 0.1) is 5.97 Å². The number of aliphatic carboxylic acids is 1. The van der Waals surface area contributed by atoms with Crippen LogP contribution in [0.25, 0.3) is 0 Å². The zero-order valence-corrected chi connectivity index (χ0v) is 20.5. The van der Waals surface area contributed by atoms with Gasteiger partial charge in [0.25, 0.3) is 0 Å². The van der Waals surface area contributed by atoms with Crippen molar-refractivity contribution in [2.75, 3.05) is 0 Å². The first-order valence-corrected chi connectivity index (χ1v) is 13.6. The summed E-state index contributed by atoms with van der Waals surface area (Å²) in [7, 11) is 0. The third-order valence-electron chi connectivity index (χ3n) is 6.37. The molecular weight excluding hydrogens is 368 g/mol. The second-order valence-corrected chi connectivity index (χ2v) is 9.42. The average Bonchev–Trinajstić information content (AvgIpc) is 2.74. The van der Waals surface area contributed by atoms with Crippen molar-refractivity contribution in [3.05, 3.63) is 12.2 Å². The fourth-order valence-electron chi connectivity index (χ4n) is 4.23. The Bertz CT molecular complexity index is 375. The van der Waals surface area contributed by atoms with Crippen LogP contribution in [-0.2, 0) is 4.79 Å². The van der Waals surface area contributed by atoms with E-state index in [2.05, 4.69) is 13.5 Å². The summed E-state index contributed by atoms with van der Waals surface area (Å²) in [5.41, 5.74) is 0.249. The molecule has 2 heteroatoms. The number of carbonyl (C=O) groups excluding carboxylic acids is 1. The molecule has 0 aromatic heterocycles. The lowest BCUT2D eigenvalue weighted by Crippen LogP contribution is -2.23. The van der Waals surface area contributed by atoms with E-state index in [-0.39, 0.29) is 5.57 Å². The zero-order valence-electron chi connectivity index (χ0n) is 20.5. The first kappa shape index (κ1) is 29.2. The lowest BCUT2D eigenvalue weighted by molar-refractivity contribution is -0.299. The highest BCUT2D eigenvalue weighted by molar-refractivity contribution is 5.83. The van der Waals surface area contributed by atoms with Gasteiger partial charge < -0.3 is 9.90 Å². The number of carboxylic acid groups (broad SMARTS) is 1. The molecule has 30 heavy (non-hydrogen) atoms. The largest absolute Gasteiger partial charge is 0.545 e. The maximum Gasteiger partial charge on any atom is 0.0668 e. The minimum Gasteiger partial charge on any atom is -0.545 e. The topological polar surface area (TPSA) is 40.1 Å². The molecule has 0 rings (SSSR count). The van der Waals surface area contributed by atoms with Crippen LogP contribution in [-0.4, -0.2) is 5.97 Å². The standard InChI is InChI=1S/C28H54O2/c1-3-4-5-6-7-8-9-10-11-12-13-14-15-16-17-18-19-20-21-22-23-24-25-26-27(2)28(29)30/h2-26H2,1H3,(H,29,30)/p-1. The van der Waals surface area contributed by atoms with E-state index in [1.807, 2.05) is 0 Å². The molecule has 0 spiro atoms. The van der Waals surface area contributed by atoms with Crippen molar-refractivity contribution in [2.45, 2.75) is 161 Å². The fraction of sp³-hybridized carbons (Fsp3) is 0.893. The number of carboxylic acids is 1. The predicted molar refractivity (Wildman–Crippen MR) is 131 cm³/mol. The SMILES string of the molecule is C=C(CCCCCCCCCCCCCCCCCCCCCCCCC)C(=O)[O-]. The molecule has 0 aliphatic carbocycles. The lowest BCUT2D eigenvalue weighted by Gasteiger charge is -2.06. The Morgan fingerprint density at radius 1 is 0.500 bits per heavy atom. The van der Waals surface area contributed by atoms with Gasteiger partial charge in [0.15, 0.2) is 0 Å². The summed E-state index contributed by atoms with van der Waals surface area (Å²) >= 11 is 0. The third kappa shape index (κ3) is 23.5. The van der Waals surface area contributed by atoms with Crippen LogP contribution in [0.3, 0.4) is 0 Å². The minimum absolute atomic E-state index is 0.249. The normalized spacial score (nSPS) is 11.1. The van der Waals surface area contributed by atoms with E-state index >= 15 is 0 Å². The van der Waals surface area contributed by atoms with E-state index in [9.17, 15) is 9.90 Å². The fourth-order valence-corrected chi connectivity index (χ4v) is 4.23. The molecule has 2 nitrogen and oxygen atoms in total.